The first kappa shape index (κ1) is 10.9. The molecule has 0 aromatic carbocycles. The van der Waals surface area contributed by atoms with Crippen LogP contribution >= 0.6 is 0 Å². The Morgan fingerprint density at radius 1 is 1.38 bits per heavy atom. The van der Waals surface area contributed by atoms with Gasteiger partial charge in [0.15, 0.2) is 9.84 Å². The lowest BCUT2D eigenvalue weighted by atomic mass is 10.4. The Balaban J connectivity index is 0.00000169. The average Bonchev–Trinajstić information content (AvgIpc) is 2.08. The van der Waals surface area contributed by atoms with E-state index < -0.39 is 9.84 Å². The van der Waals surface area contributed by atoms with Gasteiger partial charge in [-0.1, -0.05) is 6.92 Å². The molecule has 0 aliphatic carbocycles. The Morgan fingerprint density at radius 2 is 2.00 bits per heavy atom. The molecule has 1 rings (SSSR count). The fourth-order valence-electron chi connectivity index (χ4n) is 1.39. The first-order chi connectivity index (χ1) is 6.14. The van der Waals surface area contributed by atoms with E-state index in [-0.39, 0.29) is 1.43 Å². The van der Waals surface area contributed by atoms with E-state index in [1.54, 1.807) is 0 Å². The van der Waals surface area contributed by atoms with Crippen molar-refractivity contribution in [3.63, 3.8) is 0 Å². The maximum absolute atomic E-state index is 11.1. The third kappa shape index (κ3) is 4.06. The molecule has 1 fully saturated rings. The molecule has 1 saturated heterocycles. The van der Waals surface area contributed by atoms with Gasteiger partial charge in [0.2, 0.25) is 0 Å². The van der Waals surface area contributed by atoms with Gasteiger partial charge in [0.25, 0.3) is 0 Å². The van der Waals surface area contributed by atoms with Crippen LogP contribution in [0.5, 0.6) is 0 Å². The predicted octanol–water partition coefficient (Wildman–Crippen LogP) is -0.428. The molecule has 0 aromatic heterocycles. The van der Waals surface area contributed by atoms with Gasteiger partial charge in [0.1, 0.15) is 0 Å². The summed E-state index contributed by atoms with van der Waals surface area (Å²) in [7, 11) is -2.71. The Bertz CT molecular complexity index is 230. The van der Waals surface area contributed by atoms with Gasteiger partial charge in [-0.05, 0) is 6.54 Å². The van der Waals surface area contributed by atoms with E-state index in [1.807, 2.05) is 0 Å². The Morgan fingerprint density at radius 3 is 2.54 bits per heavy atom. The van der Waals surface area contributed by atoms with Crippen molar-refractivity contribution in [2.75, 3.05) is 44.2 Å². The normalized spacial score (nSPS) is 23.2. The molecule has 5 heteroatoms. The van der Waals surface area contributed by atoms with Crippen molar-refractivity contribution < 1.29 is 9.84 Å². The summed E-state index contributed by atoms with van der Waals surface area (Å²) in [5, 5.41) is 3.23. The van der Waals surface area contributed by atoms with Crippen molar-refractivity contribution in [2.45, 2.75) is 6.92 Å². The number of likely N-dealkylation sites (N-methyl/N-ethyl adjacent to an activating group) is 1. The molecule has 13 heavy (non-hydrogen) atoms. The van der Waals surface area contributed by atoms with E-state index in [0.29, 0.717) is 24.6 Å². The first-order valence-corrected chi connectivity index (χ1v) is 6.59. The molecule has 0 radical (unpaired) electrons. The monoisotopic (exact) mass is 208 g/mol. The average molecular weight is 208 g/mol. The van der Waals surface area contributed by atoms with E-state index >= 15 is 0 Å². The fraction of sp³-hybridized carbons (Fsp3) is 1.00. The van der Waals surface area contributed by atoms with Gasteiger partial charge in [0.05, 0.1) is 11.5 Å². The van der Waals surface area contributed by atoms with Crippen LogP contribution in [0.1, 0.15) is 8.35 Å². The zero-order valence-corrected chi connectivity index (χ0v) is 8.94. The van der Waals surface area contributed by atoms with Crippen LogP contribution in [0.2, 0.25) is 0 Å². The summed E-state index contributed by atoms with van der Waals surface area (Å²) in [6.45, 7) is 6.37. The molecule has 0 atom stereocenters. The molecule has 0 spiro atoms. The minimum Gasteiger partial charge on any atom is -0.316 e. The number of hydrogen-bond acceptors (Lipinski definition) is 4. The Kier molecular flexibility index (Phi) is 4.15. The zero-order chi connectivity index (χ0) is 9.73. The molecular formula is C8H20N2O2S. The predicted molar refractivity (Wildman–Crippen MR) is 55.8 cm³/mol. The molecule has 4 nitrogen and oxygen atoms in total. The van der Waals surface area contributed by atoms with Gasteiger partial charge < -0.3 is 10.2 Å². The molecule has 1 aliphatic rings. The number of sulfone groups is 1. The van der Waals surface area contributed by atoms with Crippen molar-refractivity contribution in [3.05, 3.63) is 0 Å². The van der Waals surface area contributed by atoms with Crippen LogP contribution in [0.15, 0.2) is 0 Å². The number of hydrogen-bond donors (Lipinski definition) is 1. The van der Waals surface area contributed by atoms with Crippen LogP contribution < -0.4 is 5.32 Å². The molecular weight excluding hydrogens is 188 g/mol. The SMILES string of the molecule is CCNCCN1CCS(=O)(=O)CC1.[HH]. The van der Waals surface area contributed by atoms with Gasteiger partial charge in [-0.3, -0.25) is 0 Å². The van der Waals surface area contributed by atoms with Crippen molar-refractivity contribution in [1.29, 1.82) is 0 Å². The maximum Gasteiger partial charge on any atom is 0.152 e. The van der Waals surface area contributed by atoms with Crippen molar-refractivity contribution >= 4 is 9.84 Å². The van der Waals surface area contributed by atoms with Crippen molar-refractivity contribution in [2.24, 2.45) is 0 Å². The molecule has 1 N–H and O–H groups in total. The minimum absolute atomic E-state index is 0. The summed E-state index contributed by atoms with van der Waals surface area (Å²) in [4.78, 5) is 2.20. The molecule has 80 valence electrons. The molecule has 0 bridgehead atoms. The summed E-state index contributed by atoms with van der Waals surface area (Å²) in [5.74, 6) is 0.665. The highest BCUT2D eigenvalue weighted by atomic mass is 32.2. The summed E-state index contributed by atoms with van der Waals surface area (Å²) < 4.78 is 22.2. The topological polar surface area (TPSA) is 49.4 Å². The third-order valence-corrected chi connectivity index (χ3v) is 3.90. The number of nitrogens with zero attached hydrogens (tertiary/aromatic N) is 1. The smallest absolute Gasteiger partial charge is 0.152 e. The van der Waals surface area contributed by atoms with E-state index in [4.69, 9.17) is 0 Å². The summed E-state index contributed by atoms with van der Waals surface area (Å²) in [5.41, 5.74) is 0. The van der Waals surface area contributed by atoms with Crippen LogP contribution in [-0.2, 0) is 9.84 Å². The summed E-state index contributed by atoms with van der Waals surface area (Å²) in [6.07, 6.45) is 0. The largest absolute Gasteiger partial charge is 0.316 e. The molecule has 1 heterocycles. The second-order valence-corrected chi connectivity index (χ2v) is 5.65. The third-order valence-electron chi connectivity index (χ3n) is 2.29. The molecule has 1 aliphatic heterocycles. The van der Waals surface area contributed by atoms with Crippen LogP contribution in [-0.4, -0.2) is 57.5 Å². The highest BCUT2D eigenvalue weighted by molar-refractivity contribution is 7.91. The Labute approximate surface area is 81.7 Å². The molecule has 0 amide bonds. The quantitative estimate of drug-likeness (QED) is 0.637. The lowest BCUT2D eigenvalue weighted by Crippen LogP contribution is -2.43. The van der Waals surface area contributed by atoms with E-state index in [9.17, 15) is 8.42 Å². The standard InChI is InChI=1S/C8H18N2O2S.H2/c1-2-9-3-4-10-5-7-13(11,12)8-6-10;/h9H,2-8H2,1H3;1H. The molecule has 0 unspecified atom stereocenters. The van der Waals surface area contributed by atoms with Gasteiger partial charge in [-0.2, -0.15) is 0 Å². The number of rotatable bonds is 4. The van der Waals surface area contributed by atoms with E-state index in [0.717, 1.165) is 19.6 Å². The van der Waals surface area contributed by atoms with Crippen LogP contribution in [0.25, 0.3) is 0 Å². The fourth-order valence-corrected chi connectivity index (χ4v) is 2.66. The molecule has 0 saturated carbocycles. The van der Waals surface area contributed by atoms with Crippen LogP contribution in [0.3, 0.4) is 0 Å². The lowest BCUT2D eigenvalue weighted by molar-refractivity contribution is 0.295. The second kappa shape index (κ2) is 4.93. The minimum atomic E-state index is -2.71. The van der Waals surface area contributed by atoms with Crippen LogP contribution in [0, 0.1) is 0 Å². The van der Waals surface area contributed by atoms with Crippen molar-refractivity contribution in [1.82, 2.24) is 10.2 Å². The van der Waals surface area contributed by atoms with Crippen LogP contribution in [0.4, 0.5) is 0 Å². The van der Waals surface area contributed by atoms with Crippen molar-refractivity contribution in [3.8, 4) is 0 Å². The summed E-state index contributed by atoms with van der Waals surface area (Å²) >= 11 is 0. The van der Waals surface area contributed by atoms with E-state index in [1.165, 1.54) is 0 Å². The zero-order valence-electron chi connectivity index (χ0n) is 8.12. The Hall–Kier alpha value is -0.130. The highest BCUT2D eigenvalue weighted by Gasteiger charge is 2.20. The maximum atomic E-state index is 11.1. The second-order valence-electron chi connectivity index (χ2n) is 3.35. The molecule has 0 aromatic rings. The van der Waals surface area contributed by atoms with Gasteiger partial charge in [-0.15, -0.1) is 0 Å². The lowest BCUT2D eigenvalue weighted by Gasteiger charge is -2.26. The summed E-state index contributed by atoms with van der Waals surface area (Å²) in [6, 6.07) is 0. The number of nitrogens with one attached hydrogen (secondary N) is 1. The highest BCUT2D eigenvalue weighted by Crippen LogP contribution is 2.02. The van der Waals surface area contributed by atoms with Gasteiger partial charge in [-0.25, -0.2) is 8.42 Å². The van der Waals surface area contributed by atoms with E-state index in [2.05, 4.69) is 17.1 Å². The first-order valence-electron chi connectivity index (χ1n) is 4.77. The van der Waals surface area contributed by atoms with Gasteiger partial charge >= 0.3 is 0 Å². The van der Waals surface area contributed by atoms with Gasteiger partial charge in [0, 0.05) is 27.6 Å².